The van der Waals surface area contributed by atoms with Crippen LogP contribution in [-0.4, -0.2) is 34.7 Å². The highest BCUT2D eigenvalue weighted by Gasteiger charge is 2.19. The molecule has 0 atom stereocenters. The highest BCUT2D eigenvalue weighted by Crippen LogP contribution is 1.95. The number of carbonyl (C=O) groups excluding carboxylic acids is 1. The van der Waals surface area contributed by atoms with Gasteiger partial charge >= 0.3 is 5.97 Å². The lowest BCUT2D eigenvalue weighted by atomic mass is 10.4. The summed E-state index contributed by atoms with van der Waals surface area (Å²) < 4.78 is 4.51. The number of rotatable bonds is 2. The lowest BCUT2D eigenvalue weighted by Crippen LogP contribution is -2.39. The van der Waals surface area contributed by atoms with Crippen LogP contribution >= 0.6 is 0 Å². The first-order valence-corrected chi connectivity index (χ1v) is 3.74. The quantitative estimate of drug-likeness (QED) is 0.278. The van der Waals surface area contributed by atoms with E-state index in [0.717, 1.165) is 0 Å². The van der Waals surface area contributed by atoms with Gasteiger partial charge in [0.2, 0.25) is 5.84 Å². The summed E-state index contributed by atoms with van der Waals surface area (Å²) in [6, 6.07) is -0.304. The summed E-state index contributed by atoms with van der Waals surface area (Å²) in [5.74, 6) is -1.35. The standard InChI is InChI=1S/C7H14N2O3/c1-4-12-7(10)6(8)9(11)5(2)3/h5,8,11H,4H2,1-3H3. The fourth-order valence-electron chi connectivity index (χ4n) is 0.551. The van der Waals surface area contributed by atoms with Gasteiger partial charge in [0, 0.05) is 0 Å². The first-order chi connectivity index (χ1) is 5.50. The maximum atomic E-state index is 10.8. The first kappa shape index (κ1) is 10.9. The molecule has 12 heavy (non-hydrogen) atoms. The van der Waals surface area contributed by atoms with Crippen molar-refractivity contribution in [3.63, 3.8) is 0 Å². The molecule has 0 aromatic carbocycles. The van der Waals surface area contributed by atoms with Crippen LogP contribution in [0.4, 0.5) is 0 Å². The Bertz CT molecular complexity index is 179. The molecule has 0 heterocycles. The molecule has 0 aliphatic rings. The van der Waals surface area contributed by atoms with E-state index >= 15 is 0 Å². The molecule has 0 aliphatic heterocycles. The van der Waals surface area contributed by atoms with E-state index in [0.29, 0.717) is 5.06 Å². The second kappa shape index (κ2) is 4.71. The minimum atomic E-state index is -0.811. The number of amidine groups is 1. The summed E-state index contributed by atoms with van der Waals surface area (Å²) in [5.41, 5.74) is 0. The average Bonchev–Trinajstić information content (AvgIpc) is 2.02. The van der Waals surface area contributed by atoms with E-state index in [1.165, 1.54) is 0 Å². The zero-order valence-electron chi connectivity index (χ0n) is 7.50. The monoisotopic (exact) mass is 174 g/mol. The van der Waals surface area contributed by atoms with Crippen LogP contribution in [0.2, 0.25) is 0 Å². The van der Waals surface area contributed by atoms with Gasteiger partial charge in [-0.25, -0.2) is 9.86 Å². The minimum absolute atomic E-state index is 0.202. The second-order valence-electron chi connectivity index (χ2n) is 2.51. The van der Waals surface area contributed by atoms with Gasteiger partial charge in [-0.05, 0) is 20.8 Å². The van der Waals surface area contributed by atoms with Gasteiger partial charge in [-0.2, -0.15) is 0 Å². The van der Waals surface area contributed by atoms with E-state index < -0.39 is 11.8 Å². The number of ether oxygens (including phenoxy) is 1. The molecule has 0 unspecified atom stereocenters. The molecule has 0 saturated heterocycles. The fourth-order valence-corrected chi connectivity index (χ4v) is 0.551. The zero-order chi connectivity index (χ0) is 9.72. The van der Waals surface area contributed by atoms with Crippen LogP contribution in [0.1, 0.15) is 20.8 Å². The van der Waals surface area contributed by atoms with Crippen molar-refractivity contribution in [2.45, 2.75) is 26.8 Å². The SMILES string of the molecule is CCOC(=O)C(=N)N(O)C(C)C. The van der Waals surface area contributed by atoms with Gasteiger partial charge in [-0.3, -0.25) is 10.6 Å². The summed E-state index contributed by atoms with van der Waals surface area (Å²) >= 11 is 0. The molecule has 5 heteroatoms. The molecule has 0 aromatic heterocycles. The van der Waals surface area contributed by atoms with Crippen molar-refractivity contribution in [1.82, 2.24) is 5.06 Å². The first-order valence-electron chi connectivity index (χ1n) is 3.74. The molecule has 0 bridgehead atoms. The number of nitrogens with zero attached hydrogens (tertiary/aromatic N) is 1. The molecule has 0 amide bonds. The lowest BCUT2D eigenvalue weighted by Gasteiger charge is -2.19. The molecule has 2 N–H and O–H groups in total. The molecule has 70 valence electrons. The summed E-state index contributed by atoms with van der Waals surface area (Å²) in [4.78, 5) is 10.8. The third-order valence-electron chi connectivity index (χ3n) is 1.19. The lowest BCUT2D eigenvalue weighted by molar-refractivity contribution is -0.139. The summed E-state index contributed by atoms with van der Waals surface area (Å²) in [7, 11) is 0. The largest absolute Gasteiger partial charge is 0.460 e. The highest BCUT2D eigenvalue weighted by atomic mass is 16.6. The number of hydroxylamine groups is 2. The fraction of sp³-hybridized carbons (Fsp3) is 0.714. The van der Waals surface area contributed by atoms with E-state index in [4.69, 9.17) is 10.6 Å². The number of hydrogen-bond donors (Lipinski definition) is 2. The van der Waals surface area contributed by atoms with Crippen molar-refractivity contribution in [2.75, 3.05) is 6.61 Å². The van der Waals surface area contributed by atoms with Crippen molar-refractivity contribution in [1.29, 1.82) is 5.41 Å². The molecule has 0 fully saturated rings. The number of carbonyl (C=O) groups is 1. The Labute approximate surface area is 71.4 Å². The molecular weight excluding hydrogens is 160 g/mol. The summed E-state index contributed by atoms with van der Waals surface area (Å²) in [5, 5.41) is 16.8. The van der Waals surface area contributed by atoms with E-state index in [9.17, 15) is 4.79 Å². The molecule has 0 aromatic rings. The van der Waals surface area contributed by atoms with Crippen LogP contribution in [0.3, 0.4) is 0 Å². The molecule has 0 spiro atoms. The van der Waals surface area contributed by atoms with Gasteiger partial charge in [0.25, 0.3) is 0 Å². The molecule has 0 saturated carbocycles. The normalized spacial score (nSPS) is 9.75. The Morgan fingerprint density at radius 1 is 1.67 bits per heavy atom. The van der Waals surface area contributed by atoms with Gasteiger partial charge in [-0.15, -0.1) is 0 Å². The van der Waals surface area contributed by atoms with Gasteiger partial charge in [0.05, 0.1) is 12.6 Å². The van der Waals surface area contributed by atoms with Crippen LogP contribution in [0.15, 0.2) is 0 Å². The van der Waals surface area contributed by atoms with Crippen molar-refractivity contribution in [2.24, 2.45) is 0 Å². The second-order valence-corrected chi connectivity index (χ2v) is 2.51. The topological polar surface area (TPSA) is 73.6 Å². The van der Waals surface area contributed by atoms with Crippen molar-refractivity contribution >= 4 is 11.8 Å². The molecule has 0 radical (unpaired) electrons. The number of hydrogen-bond acceptors (Lipinski definition) is 4. The van der Waals surface area contributed by atoms with Crippen LogP contribution < -0.4 is 0 Å². The van der Waals surface area contributed by atoms with Crippen molar-refractivity contribution < 1.29 is 14.7 Å². The summed E-state index contributed by atoms with van der Waals surface area (Å²) in [6.45, 7) is 5.16. The minimum Gasteiger partial charge on any atom is -0.460 e. The molecule has 0 rings (SSSR count). The van der Waals surface area contributed by atoms with Crippen LogP contribution in [-0.2, 0) is 9.53 Å². The van der Waals surface area contributed by atoms with Crippen LogP contribution in [0, 0.1) is 5.41 Å². The van der Waals surface area contributed by atoms with Crippen LogP contribution in [0.5, 0.6) is 0 Å². The zero-order valence-corrected chi connectivity index (χ0v) is 7.50. The van der Waals surface area contributed by atoms with E-state index in [-0.39, 0.29) is 12.6 Å². The van der Waals surface area contributed by atoms with Crippen molar-refractivity contribution in [3.8, 4) is 0 Å². The number of nitrogens with one attached hydrogen (secondary N) is 1. The van der Waals surface area contributed by atoms with Gasteiger partial charge < -0.3 is 4.74 Å². The van der Waals surface area contributed by atoms with Gasteiger partial charge in [0.1, 0.15) is 0 Å². The van der Waals surface area contributed by atoms with Gasteiger partial charge in [0.15, 0.2) is 0 Å². The number of esters is 1. The van der Waals surface area contributed by atoms with Gasteiger partial charge in [-0.1, -0.05) is 0 Å². The molecular formula is C7H14N2O3. The van der Waals surface area contributed by atoms with E-state index in [1.54, 1.807) is 20.8 Å². The predicted molar refractivity (Wildman–Crippen MR) is 43.1 cm³/mol. The van der Waals surface area contributed by atoms with Crippen molar-refractivity contribution in [3.05, 3.63) is 0 Å². The third kappa shape index (κ3) is 2.87. The Morgan fingerprint density at radius 3 is 2.50 bits per heavy atom. The highest BCUT2D eigenvalue weighted by molar-refractivity contribution is 6.33. The molecule has 5 nitrogen and oxygen atoms in total. The van der Waals surface area contributed by atoms with E-state index in [2.05, 4.69) is 4.74 Å². The average molecular weight is 174 g/mol. The maximum Gasteiger partial charge on any atom is 0.375 e. The maximum absolute atomic E-state index is 10.8. The third-order valence-corrected chi connectivity index (χ3v) is 1.19. The molecule has 0 aliphatic carbocycles. The predicted octanol–water partition coefficient (Wildman–Crippen LogP) is 0.626. The van der Waals surface area contributed by atoms with E-state index in [1.807, 2.05) is 0 Å². The Kier molecular flexibility index (Phi) is 4.28. The van der Waals surface area contributed by atoms with Crippen LogP contribution in [0.25, 0.3) is 0 Å². The Hall–Kier alpha value is -1.10. The Morgan fingerprint density at radius 2 is 2.17 bits per heavy atom. The summed E-state index contributed by atoms with van der Waals surface area (Å²) in [6.07, 6.45) is 0. The smallest absolute Gasteiger partial charge is 0.375 e. The Balaban J connectivity index is 4.10.